The molecule has 1 atom stereocenters. The van der Waals surface area contributed by atoms with E-state index in [-0.39, 0.29) is 12.1 Å². The summed E-state index contributed by atoms with van der Waals surface area (Å²) in [6.45, 7) is 4.85. The Morgan fingerprint density at radius 1 is 0.833 bits per heavy atom. The van der Waals surface area contributed by atoms with Gasteiger partial charge in [0.05, 0.1) is 18.3 Å². The van der Waals surface area contributed by atoms with E-state index >= 15 is 0 Å². The topological polar surface area (TPSA) is 44.8 Å². The number of benzene rings is 3. The third-order valence-corrected chi connectivity index (χ3v) is 4.99. The number of methoxy groups -OCH3 is 1. The lowest BCUT2D eigenvalue weighted by atomic mass is 10.1. The summed E-state index contributed by atoms with van der Waals surface area (Å²) >= 11 is 0. The number of rotatable bonds is 9. The molecule has 0 aliphatic carbocycles. The van der Waals surface area contributed by atoms with Gasteiger partial charge >= 0.3 is 5.97 Å². The number of hydrogen-bond donors (Lipinski definition) is 0. The van der Waals surface area contributed by atoms with Gasteiger partial charge in [-0.15, -0.1) is 0 Å². The first-order valence-electron chi connectivity index (χ1n) is 10.3. The zero-order valence-corrected chi connectivity index (χ0v) is 17.8. The molecule has 0 saturated carbocycles. The number of esters is 1. The maximum Gasteiger partial charge on any atom is 0.343 e. The van der Waals surface area contributed by atoms with Gasteiger partial charge in [-0.3, -0.25) is 0 Å². The van der Waals surface area contributed by atoms with E-state index in [2.05, 4.69) is 6.92 Å². The van der Waals surface area contributed by atoms with E-state index in [0.717, 1.165) is 41.9 Å². The van der Waals surface area contributed by atoms with Gasteiger partial charge in [-0.25, -0.2) is 4.79 Å². The summed E-state index contributed by atoms with van der Waals surface area (Å²) in [6, 6.07) is 22.8. The van der Waals surface area contributed by atoms with E-state index in [0.29, 0.717) is 11.3 Å². The fraction of sp³-hybridized carbons (Fsp3) is 0.269. The fourth-order valence-electron chi connectivity index (χ4n) is 2.99. The normalized spacial score (nSPS) is 11.7. The predicted molar refractivity (Wildman–Crippen MR) is 119 cm³/mol. The Labute approximate surface area is 178 Å². The van der Waals surface area contributed by atoms with Crippen LogP contribution in [0.1, 0.15) is 48.7 Å². The standard InChI is InChI=1S/C26H28O4/c1-4-5-18-29-24-14-10-21(11-15-24)22-12-16-25(17-13-22)30-26(27)23-8-6-20(7-9-23)19(2)28-3/h6-17,19H,4-5,18H2,1-3H3. The minimum Gasteiger partial charge on any atom is -0.494 e. The van der Waals surface area contributed by atoms with Gasteiger partial charge in [0.2, 0.25) is 0 Å². The molecule has 0 aliphatic rings. The number of unbranched alkanes of at least 4 members (excludes halogenated alkanes) is 1. The smallest absolute Gasteiger partial charge is 0.343 e. The highest BCUT2D eigenvalue weighted by Gasteiger charge is 2.10. The number of ether oxygens (including phenoxy) is 3. The van der Waals surface area contributed by atoms with Crippen LogP contribution < -0.4 is 9.47 Å². The fourth-order valence-corrected chi connectivity index (χ4v) is 2.99. The Morgan fingerprint density at radius 2 is 1.40 bits per heavy atom. The van der Waals surface area contributed by atoms with Gasteiger partial charge in [0.25, 0.3) is 0 Å². The van der Waals surface area contributed by atoms with Gasteiger partial charge in [-0.1, -0.05) is 49.7 Å². The third-order valence-electron chi connectivity index (χ3n) is 4.99. The molecule has 3 aromatic carbocycles. The van der Waals surface area contributed by atoms with Gasteiger partial charge in [-0.2, -0.15) is 0 Å². The summed E-state index contributed by atoms with van der Waals surface area (Å²) in [5.41, 5.74) is 3.65. The molecule has 4 heteroatoms. The van der Waals surface area contributed by atoms with Gasteiger partial charge in [0.15, 0.2) is 0 Å². The van der Waals surface area contributed by atoms with Crippen molar-refractivity contribution in [3.05, 3.63) is 83.9 Å². The van der Waals surface area contributed by atoms with Gasteiger partial charge in [0, 0.05) is 7.11 Å². The summed E-state index contributed by atoms with van der Waals surface area (Å²) < 4.78 is 16.5. The second-order valence-electron chi connectivity index (χ2n) is 7.14. The molecule has 3 rings (SSSR count). The van der Waals surface area contributed by atoms with Crippen LogP contribution in [0.5, 0.6) is 11.5 Å². The predicted octanol–water partition coefficient (Wildman–Crippen LogP) is 6.46. The molecule has 0 aliphatic heterocycles. The first kappa shape index (κ1) is 21.6. The molecule has 0 saturated heterocycles. The van der Waals surface area contributed by atoms with Crippen molar-refractivity contribution < 1.29 is 19.0 Å². The molecule has 0 N–H and O–H groups in total. The molecule has 3 aromatic rings. The molecular formula is C26H28O4. The van der Waals surface area contributed by atoms with E-state index < -0.39 is 0 Å². The van der Waals surface area contributed by atoms with Crippen LogP contribution in [0.15, 0.2) is 72.8 Å². The van der Waals surface area contributed by atoms with Crippen molar-refractivity contribution in [2.45, 2.75) is 32.8 Å². The summed E-state index contributed by atoms with van der Waals surface area (Å²) in [5, 5.41) is 0. The molecule has 0 amide bonds. The lowest BCUT2D eigenvalue weighted by Crippen LogP contribution is -2.08. The van der Waals surface area contributed by atoms with Crippen molar-refractivity contribution in [1.29, 1.82) is 0 Å². The Hall–Kier alpha value is -3.11. The van der Waals surface area contributed by atoms with Crippen molar-refractivity contribution >= 4 is 5.97 Å². The molecule has 0 aromatic heterocycles. The zero-order chi connectivity index (χ0) is 21.3. The molecule has 156 valence electrons. The van der Waals surface area contributed by atoms with Crippen LogP contribution in [0.2, 0.25) is 0 Å². The quantitative estimate of drug-likeness (QED) is 0.233. The average molecular weight is 405 g/mol. The summed E-state index contributed by atoms with van der Waals surface area (Å²) in [4.78, 5) is 12.4. The van der Waals surface area contributed by atoms with Crippen molar-refractivity contribution in [2.24, 2.45) is 0 Å². The number of carbonyl (C=O) groups is 1. The van der Waals surface area contributed by atoms with Crippen LogP contribution in [-0.2, 0) is 4.74 Å². The summed E-state index contributed by atoms with van der Waals surface area (Å²) in [5.74, 6) is 1.01. The minimum atomic E-state index is -0.382. The molecular weight excluding hydrogens is 376 g/mol. The van der Waals surface area contributed by atoms with Crippen LogP contribution in [0.25, 0.3) is 11.1 Å². The minimum absolute atomic E-state index is 0.0143. The number of carbonyl (C=O) groups excluding carboxylic acids is 1. The van der Waals surface area contributed by atoms with Gasteiger partial charge < -0.3 is 14.2 Å². The van der Waals surface area contributed by atoms with Crippen molar-refractivity contribution in [3.63, 3.8) is 0 Å². The third kappa shape index (κ3) is 5.71. The maximum atomic E-state index is 12.4. The largest absolute Gasteiger partial charge is 0.494 e. The van der Waals surface area contributed by atoms with Crippen LogP contribution in [0, 0.1) is 0 Å². The maximum absolute atomic E-state index is 12.4. The zero-order valence-electron chi connectivity index (χ0n) is 17.8. The first-order chi connectivity index (χ1) is 14.6. The molecule has 0 spiro atoms. The van der Waals surface area contributed by atoms with Crippen molar-refractivity contribution in [3.8, 4) is 22.6 Å². The molecule has 0 fully saturated rings. The molecule has 0 bridgehead atoms. The second-order valence-corrected chi connectivity index (χ2v) is 7.14. The van der Waals surface area contributed by atoms with Crippen LogP contribution in [-0.4, -0.2) is 19.7 Å². The second kappa shape index (κ2) is 10.6. The summed E-state index contributed by atoms with van der Waals surface area (Å²) in [7, 11) is 1.66. The van der Waals surface area contributed by atoms with Crippen molar-refractivity contribution in [1.82, 2.24) is 0 Å². The van der Waals surface area contributed by atoms with Gasteiger partial charge in [-0.05, 0) is 66.4 Å². The highest BCUT2D eigenvalue weighted by Crippen LogP contribution is 2.25. The highest BCUT2D eigenvalue weighted by molar-refractivity contribution is 5.91. The van der Waals surface area contributed by atoms with Crippen molar-refractivity contribution in [2.75, 3.05) is 13.7 Å². The van der Waals surface area contributed by atoms with Crippen LogP contribution in [0.3, 0.4) is 0 Å². The molecule has 1 unspecified atom stereocenters. The Morgan fingerprint density at radius 3 is 1.93 bits per heavy atom. The van der Waals surface area contributed by atoms with Gasteiger partial charge in [0.1, 0.15) is 11.5 Å². The monoisotopic (exact) mass is 404 g/mol. The van der Waals surface area contributed by atoms with Crippen LogP contribution in [0.4, 0.5) is 0 Å². The first-order valence-corrected chi connectivity index (χ1v) is 10.3. The SMILES string of the molecule is CCCCOc1ccc(-c2ccc(OC(=O)c3ccc(C(C)OC)cc3)cc2)cc1. The van der Waals surface area contributed by atoms with Crippen LogP contribution >= 0.6 is 0 Å². The Bertz CT molecular complexity index is 928. The summed E-state index contributed by atoms with van der Waals surface area (Å²) in [6.07, 6.45) is 2.16. The lowest BCUT2D eigenvalue weighted by Gasteiger charge is -2.10. The van der Waals surface area contributed by atoms with E-state index in [4.69, 9.17) is 14.2 Å². The number of hydrogen-bond acceptors (Lipinski definition) is 4. The average Bonchev–Trinajstić information content (AvgIpc) is 2.80. The Kier molecular flexibility index (Phi) is 7.63. The molecule has 30 heavy (non-hydrogen) atoms. The van der Waals surface area contributed by atoms with E-state index in [1.54, 1.807) is 31.4 Å². The molecule has 4 nitrogen and oxygen atoms in total. The highest BCUT2D eigenvalue weighted by atomic mass is 16.5. The lowest BCUT2D eigenvalue weighted by molar-refractivity contribution is 0.0734. The van der Waals surface area contributed by atoms with E-state index in [1.165, 1.54) is 0 Å². The van der Waals surface area contributed by atoms with E-state index in [1.807, 2.05) is 55.5 Å². The van der Waals surface area contributed by atoms with E-state index in [9.17, 15) is 4.79 Å². The Balaban J connectivity index is 1.60. The molecule has 0 heterocycles. The molecule has 0 radical (unpaired) electrons.